The Labute approximate surface area is 113 Å². The van der Waals surface area contributed by atoms with Crippen LogP contribution in [0.1, 0.15) is 10.5 Å². The molecule has 0 aliphatic heterocycles. The summed E-state index contributed by atoms with van der Waals surface area (Å²) in [4.78, 5) is 15.8. The number of benzene rings is 1. The Hall–Kier alpha value is -1.78. The molecule has 0 aliphatic rings. The maximum Gasteiger partial charge on any atom is 0.275 e. The van der Waals surface area contributed by atoms with E-state index in [0.717, 1.165) is 0 Å². The summed E-state index contributed by atoms with van der Waals surface area (Å²) in [6.07, 6.45) is 0. The molecule has 18 heavy (non-hydrogen) atoms. The average Bonchev–Trinajstić information content (AvgIpc) is 2.35. The largest absolute Gasteiger partial charge is 0.508 e. The molecule has 0 atom stereocenters. The summed E-state index contributed by atoms with van der Waals surface area (Å²) in [7, 11) is 0. The number of phenols is 1. The van der Waals surface area contributed by atoms with Crippen LogP contribution in [0, 0.1) is 0 Å². The van der Waals surface area contributed by atoms with Gasteiger partial charge in [-0.3, -0.25) is 4.79 Å². The number of halogens is 2. The molecule has 4 nitrogen and oxygen atoms in total. The van der Waals surface area contributed by atoms with Crippen molar-refractivity contribution < 1.29 is 9.90 Å². The number of anilines is 1. The van der Waals surface area contributed by atoms with Gasteiger partial charge in [0.05, 0.1) is 5.02 Å². The van der Waals surface area contributed by atoms with Crippen molar-refractivity contribution in [3.63, 3.8) is 0 Å². The molecule has 2 aromatic rings. The van der Waals surface area contributed by atoms with Crippen molar-refractivity contribution >= 4 is 34.8 Å². The van der Waals surface area contributed by atoms with Gasteiger partial charge in [0.1, 0.15) is 16.6 Å². The summed E-state index contributed by atoms with van der Waals surface area (Å²) in [5, 5.41) is 12.1. The predicted molar refractivity (Wildman–Crippen MR) is 70.3 cm³/mol. The first-order valence-corrected chi connectivity index (χ1v) is 5.74. The number of carbonyl (C=O) groups excluding carboxylic acids is 1. The summed E-state index contributed by atoms with van der Waals surface area (Å²) >= 11 is 11.6. The number of carbonyl (C=O) groups is 1. The molecular weight excluding hydrogens is 275 g/mol. The van der Waals surface area contributed by atoms with E-state index >= 15 is 0 Å². The van der Waals surface area contributed by atoms with E-state index in [1.807, 2.05) is 0 Å². The number of hydrogen-bond acceptors (Lipinski definition) is 3. The molecule has 1 amide bonds. The van der Waals surface area contributed by atoms with Gasteiger partial charge in [0.15, 0.2) is 0 Å². The third-order valence-corrected chi connectivity index (χ3v) is 2.67. The van der Waals surface area contributed by atoms with Gasteiger partial charge in [0.2, 0.25) is 0 Å². The average molecular weight is 283 g/mol. The minimum atomic E-state index is -0.465. The zero-order valence-corrected chi connectivity index (χ0v) is 10.5. The molecule has 1 aromatic heterocycles. The van der Waals surface area contributed by atoms with Crippen LogP contribution in [-0.4, -0.2) is 16.0 Å². The quantitative estimate of drug-likeness (QED) is 0.656. The highest BCUT2D eigenvalue weighted by atomic mass is 35.5. The van der Waals surface area contributed by atoms with Crippen molar-refractivity contribution in [3.8, 4) is 5.75 Å². The van der Waals surface area contributed by atoms with Crippen LogP contribution in [0.4, 0.5) is 5.69 Å². The van der Waals surface area contributed by atoms with Crippen LogP contribution in [-0.2, 0) is 0 Å². The van der Waals surface area contributed by atoms with E-state index in [1.54, 1.807) is 12.1 Å². The molecule has 0 bridgehead atoms. The van der Waals surface area contributed by atoms with Gasteiger partial charge in [-0.05, 0) is 36.4 Å². The van der Waals surface area contributed by atoms with Gasteiger partial charge in [0, 0.05) is 5.69 Å². The maximum absolute atomic E-state index is 11.9. The zero-order valence-electron chi connectivity index (χ0n) is 9.02. The molecule has 2 rings (SSSR count). The van der Waals surface area contributed by atoms with E-state index in [1.165, 1.54) is 24.3 Å². The molecule has 1 heterocycles. The molecule has 0 unspecified atom stereocenters. The van der Waals surface area contributed by atoms with Crippen molar-refractivity contribution in [2.45, 2.75) is 0 Å². The van der Waals surface area contributed by atoms with Gasteiger partial charge in [-0.2, -0.15) is 0 Å². The highest BCUT2D eigenvalue weighted by Crippen LogP contribution is 2.19. The molecule has 92 valence electrons. The fourth-order valence-electron chi connectivity index (χ4n) is 1.31. The van der Waals surface area contributed by atoms with E-state index in [9.17, 15) is 4.79 Å². The molecule has 0 spiro atoms. The summed E-state index contributed by atoms with van der Waals surface area (Å²) in [6, 6.07) is 9.05. The number of nitrogens with zero attached hydrogens (tertiary/aromatic N) is 1. The van der Waals surface area contributed by atoms with Crippen molar-refractivity contribution in [2.24, 2.45) is 0 Å². The number of aromatic nitrogens is 1. The van der Waals surface area contributed by atoms with E-state index in [2.05, 4.69) is 10.3 Å². The van der Waals surface area contributed by atoms with Crippen LogP contribution < -0.4 is 5.32 Å². The maximum atomic E-state index is 11.9. The first kappa shape index (κ1) is 12.7. The first-order chi connectivity index (χ1) is 8.56. The highest BCUT2D eigenvalue weighted by molar-refractivity contribution is 6.35. The van der Waals surface area contributed by atoms with Crippen LogP contribution in [0.2, 0.25) is 10.2 Å². The Morgan fingerprint density at radius 2 is 1.78 bits per heavy atom. The van der Waals surface area contributed by atoms with Crippen molar-refractivity contribution in [1.29, 1.82) is 0 Å². The second-order valence-electron chi connectivity index (χ2n) is 3.47. The summed E-state index contributed by atoms with van der Waals surface area (Å²) in [5.74, 6) is -0.347. The summed E-state index contributed by atoms with van der Waals surface area (Å²) in [6.45, 7) is 0. The molecule has 2 N–H and O–H groups in total. The molecule has 0 saturated carbocycles. The van der Waals surface area contributed by atoms with Gasteiger partial charge in [-0.15, -0.1) is 0 Å². The fraction of sp³-hybridized carbons (Fsp3) is 0. The van der Waals surface area contributed by atoms with Crippen molar-refractivity contribution in [1.82, 2.24) is 4.98 Å². The summed E-state index contributed by atoms with van der Waals surface area (Å²) in [5.41, 5.74) is 0.577. The number of hydrogen-bond donors (Lipinski definition) is 2. The number of nitrogens with one attached hydrogen (secondary N) is 1. The lowest BCUT2D eigenvalue weighted by molar-refractivity contribution is 0.102. The molecular formula is C12H8Cl2N2O2. The SMILES string of the molecule is O=C(Nc1ccc(O)cc1)c1nc(Cl)ccc1Cl. The van der Waals surface area contributed by atoms with Crippen molar-refractivity contribution in [3.05, 3.63) is 52.3 Å². The highest BCUT2D eigenvalue weighted by Gasteiger charge is 2.13. The van der Waals surface area contributed by atoms with Gasteiger partial charge >= 0.3 is 0 Å². The molecule has 0 radical (unpaired) electrons. The first-order valence-electron chi connectivity index (χ1n) is 4.98. The van der Waals surface area contributed by atoms with E-state index in [-0.39, 0.29) is 21.6 Å². The number of phenolic OH excluding ortho intramolecular Hbond substituents is 1. The third-order valence-electron chi connectivity index (χ3n) is 2.15. The lowest BCUT2D eigenvalue weighted by Gasteiger charge is -2.06. The Bertz CT molecular complexity index is 585. The lowest BCUT2D eigenvalue weighted by atomic mass is 10.3. The van der Waals surface area contributed by atoms with E-state index < -0.39 is 5.91 Å². The predicted octanol–water partition coefficient (Wildman–Crippen LogP) is 3.35. The van der Waals surface area contributed by atoms with E-state index in [0.29, 0.717) is 5.69 Å². The monoisotopic (exact) mass is 282 g/mol. The second kappa shape index (κ2) is 5.25. The molecule has 0 fully saturated rings. The molecule has 0 aliphatic carbocycles. The number of amides is 1. The minimum absolute atomic E-state index is 0.0530. The Morgan fingerprint density at radius 3 is 2.44 bits per heavy atom. The number of rotatable bonds is 2. The Balaban J connectivity index is 2.21. The van der Waals surface area contributed by atoms with Crippen LogP contribution in [0.15, 0.2) is 36.4 Å². The normalized spacial score (nSPS) is 10.1. The van der Waals surface area contributed by atoms with Crippen LogP contribution in [0.25, 0.3) is 0 Å². The molecule has 6 heteroatoms. The van der Waals surface area contributed by atoms with Gasteiger partial charge < -0.3 is 10.4 Å². The lowest BCUT2D eigenvalue weighted by Crippen LogP contribution is -2.14. The topological polar surface area (TPSA) is 62.2 Å². The van der Waals surface area contributed by atoms with Gasteiger partial charge in [0.25, 0.3) is 5.91 Å². The smallest absolute Gasteiger partial charge is 0.275 e. The number of aromatic hydroxyl groups is 1. The number of pyridine rings is 1. The zero-order chi connectivity index (χ0) is 13.1. The van der Waals surface area contributed by atoms with Crippen LogP contribution >= 0.6 is 23.2 Å². The third kappa shape index (κ3) is 2.91. The minimum Gasteiger partial charge on any atom is -0.508 e. The summed E-state index contributed by atoms with van der Waals surface area (Å²) < 4.78 is 0. The van der Waals surface area contributed by atoms with E-state index in [4.69, 9.17) is 28.3 Å². The van der Waals surface area contributed by atoms with Gasteiger partial charge in [-0.25, -0.2) is 4.98 Å². The van der Waals surface area contributed by atoms with Crippen LogP contribution in [0.5, 0.6) is 5.75 Å². The Morgan fingerprint density at radius 1 is 1.11 bits per heavy atom. The van der Waals surface area contributed by atoms with Crippen LogP contribution in [0.3, 0.4) is 0 Å². The van der Waals surface area contributed by atoms with Crippen molar-refractivity contribution in [2.75, 3.05) is 5.32 Å². The van der Waals surface area contributed by atoms with Gasteiger partial charge in [-0.1, -0.05) is 23.2 Å². The molecule has 0 saturated heterocycles. The Kier molecular flexibility index (Phi) is 3.69. The molecule has 1 aromatic carbocycles. The fourth-order valence-corrected chi connectivity index (χ4v) is 1.65. The second-order valence-corrected chi connectivity index (χ2v) is 4.26. The standard InChI is InChI=1S/C12H8Cl2N2O2/c13-9-5-6-10(14)16-11(9)12(18)15-7-1-3-8(17)4-2-7/h1-6,17H,(H,15,18).